The summed E-state index contributed by atoms with van der Waals surface area (Å²) < 4.78 is 7.53. The van der Waals surface area contributed by atoms with Gasteiger partial charge in [0, 0.05) is 12.6 Å². The Morgan fingerprint density at radius 1 is 1.33 bits per heavy atom. The number of aliphatic hydroxyl groups is 1. The van der Waals surface area contributed by atoms with Gasteiger partial charge < -0.3 is 15.2 Å². The van der Waals surface area contributed by atoms with Gasteiger partial charge in [0.15, 0.2) is 0 Å². The van der Waals surface area contributed by atoms with Crippen LogP contribution in [0.1, 0.15) is 75.9 Å². The molecule has 4 aliphatic carbocycles. The Morgan fingerprint density at radius 2 is 2.00 bits per heavy atom. The molecule has 4 bridgehead atoms. The standard InChI is InChI=1S/C21H33N3O3/c1-5-27-12-17-16(11-22-24(17)20(2,3)4)19(25)23-18-14-6-13-7-15(18)10-21(26,8-13)9-14/h11,13-15,18,26H,5-10,12H2,1-4H3,(H,23,25)/t13?,14-,15+,18?,21?. The Hall–Kier alpha value is -1.40. The number of hydrogen-bond donors (Lipinski definition) is 2. The second-order valence-corrected chi connectivity index (χ2v) is 9.92. The maximum atomic E-state index is 13.2. The third-order valence-corrected chi connectivity index (χ3v) is 6.73. The molecule has 0 spiro atoms. The van der Waals surface area contributed by atoms with E-state index in [1.807, 2.05) is 11.6 Å². The SMILES string of the molecule is CCOCc1c(C(=O)NC2[C@@H]3CC4C[C@H]2CC(O)(C4)C3)cnn1C(C)(C)C. The van der Waals surface area contributed by atoms with Gasteiger partial charge in [-0.1, -0.05) is 0 Å². The molecule has 4 fully saturated rings. The molecule has 27 heavy (non-hydrogen) atoms. The summed E-state index contributed by atoms with van der Waals surface area (Å²) in [5, 5.41) is 18.6. The molecule has 1 amide bonds. The van der Waals surface area contributed by atoms with Gasteiger partial charge in [-0.3, -0.25) is 9.48 Å². The molecular formula is C21H33N3O3. The predicted octanol–water partition coefficient (Wildman–Crippen LogP) is 2.84. The first kappa shape index (κ1) is 18.9. The number of carbonyl (C=O) groups excluding carboxylic acids is 1. The summed E-state index contributed by atoms with van der Waals surface area (Å²) in [6.45, 7) is 9.18. The van der Waals surface area contributed by atoms with Gasteiger partial charge >= 0.3 is 0 Å². The third-order valence-electron chi connectivity index (χ3n) is 6.73. The molecule has 1 aromatic rings. The van der Waals surface area contributed by atoms with Crippen LogP contribution in [0.2, 0.25) is 0 Å². The molecule has 1 heterocycles. The Balaban J connectivity index is 1.54. The number of nitrogens with one attached hydrogen (secondary N) is 1. The van der Waals surface area contributed by atoms with Crippen molar-refractivity contribution < 1.29 is 14.6 Å². The van der Waals surface area contributed by atoms with Crippen molar-refractivity contribution in [2.45, 2.75) is 83.6 Å². The van der Waals surface area contributed by atoms with Crippen LogP contribution in [0.5, 0.6) is 0 Å². The minimum absolute atomic E-state index is 0.0512. The predicted molar refractivity (Wildman–Crippen MR) is 102 cm³/mol. The normalized spacial score (nSPS) is 34.9. The van der Waals surface area contributed by atoms with Crippen LogP contribution in [0, 0.1) is 17.8 Å². The van der Waals surface area contributed by atoms with Crippen LogP contribution in [0.3, 0.4) is 0 Å². The lowest BCUT2D eigenvalue weighted by Gasteiger charge is -2.58. The molecule has 3 unspecified atom stereocenters. The molecule has 0 saturated heterocycles. The minimum Gasteiger partial charge on any atom is -0.390 e. The highest BCUT2D eigenvalue weighted by Crippen LogP contribution is 2.55. The fourth-order valence-corrected chi connectivity index (χ4v) is 5.93. The Morgan fingerprint density at radius 3 is 2.56 bits per heavy atom. The van der Waals surface area contributed by atoms with Crippen molar-refractivity contribution in [3.63, 3.8) is 0 Å². The maximum Gasteiger partial charge on any atom is 0.255 e. The highest BCUT2D eigenvalue weighted by Gasteiger charge is 2.55. The van der Waals surface area contributed by atoms with Crippen molar-refractivity contribution in [2.75, 3.05) is 6.61 Å². The minimum atomic E-state index is -0.477. The van der Waals surface area contributed by atoms with E-state index < -0.39 is 5.60 Å². The smallest absolute Gasteiger partial charge is 0.255 e. The molecule has 1 aromatic heterocycles. The highest BCUT2D eigenvalue weighted by molar-refractivity contribution is 5.95. The molecule has 0 radical (unpaired) electrons. The van der Waals surface area contributed by atoms with Crippen molar-refractivity contribution in [1.29, 1.82) is 0 Å². The van der Waals surface area contributed by atoms with Crippen LogP contribution in [-0.2, 0) is 16.9 Å². The number of carbonyl (C=O) groups is 1. The fourth-order valence-electron chi connectivity index (χ4n) is 5.93. The lowest BCUT2D eigenvalue weighted by Crippen LogP contribution is -2.61. The zero-order valence-electron chi connectivity index (χ0n) is 17.0. The summed E-state index contributed by atoms with van der Waals surface area (Å²) in [4.78, 5) is 13.2. The fraction of sp³-hybridized carbons (Fsp3) is 0.810. The van der Waals surface area contributed by atoms with Gasteiger partial charge in [-0.2, -0.15) is 5.10 Å². The van der Waals surface area contributed by atoms with Gasteiger partial charge in [0.05, 0.1) is 35.2 Å². The molecule has 4 aliphatic rings. The number of nitrogens with zero attached hydrogens (tertiary/aromatic N) is 2. The third kappa shape index (κ3) is 3.42. The number of ether oxygens (including phenoxy) is 1. The zero-order chi connectivity index (χ0) is 19.4. The van der Waals surface area contributed by atoms with E-state index in [-0.39, 0.29) is 17.5 Å². The lowest BCUT2D eigenvalue weighted by molar-refractivity contribution is -0.136. The number of aromatic nitrogens is 2. The van der Waals surface area contributed by atoms with Gasteiger partial charge in [0.1, 0.15) is 0 Å². The van der Waals surface area contributed by atoms with E-state index in [1.165, 1.54) is 0 Å². The van der Waals surface area contributed by atoms with E-state index in [0.29, 0.717) is 36.5 Å². The summed E-state index contributed by atoms with van der Waals surface area (Å²) >= 11 is 0. The molecule has 2 N–H and O–H groups in total. The van der Waals surface area contributed by atoms with Gasteiger partial charge in [-0.15, -0.1) is 0 Å². The topological polar surface area (TPSA) is 76.4 Å². The van der Waals surface area contributed by atoms with Crippen molar-refractivity contribution >= 4 is 5.91 Å². The van der Waals surface area contributed by atoms with E-state index in [9.17, 15) is 9.90 Å². The van der Waals surface area contributed by atoms with Crippen molar-refractivity contribution in [1.82, 2.24) is 15.1 Å². The second-order valence-electron chi connectivity index (χ2n) is 9.92. The first-order valence-corrected chi connectivity index (χ1v) is 10.4. The average Bonchev–Trinajstić information content (AvgIpc) is 2.98. The Kier molecular flexibility index (Phi) is 4.62. The quantitative estimate of drug-likeness (QED) is 0.830. The lowest BCUT2D eigenvalue weighted by atomic mass is 9.52. The molecule has 0 aliphatic heterocycles. The van der Waals surface area contributed by atoms with Gasteiger partial charge in [0.2, 0.25) is 0 Å². The van der Waals surface area contributed by atoms with E-state index in [2.05, 4.69) is 31.2 Å². The number of amides is 1. The van der Waals surface area contributed by atoms with Crippen LogP contribution < -0.4 is 5.32 Å². The summed E-state index contributed by atoms with van der Waals surface area (Å²) in [5.41, 5.74) is 0.765. The molecule has 150 valence electrons. The Labute approximate surface area is 161 Å². The van der Waals surface area contributed by atoms with Crippen LogP contribution in [-0.4, -0.2) is 39.0 Å². The molecule has 0 aromatic carbocycles. The molecular weight excluding hydrogens is 342 g/mol. The summed E-state index contributed by atoms with van der Waals surface area (Å²) in [6, 6.07) is 0.173. The van der Waals surface area contributed by atoms with E-state index in [0.717, 1.165) is 37.8 Å². The van der Waals surface area contributed by atoms with Crippen molar-refractivity contribution in [3.8, 4) is 0 Å². The van der Waals surface area contributed by atoms with Crippen LogP contribution in [0.25, 0.3) is 0 Å². The van der Waals surface area contributed by atoms with Gasteiger partial charge in [-0.25, -0.2) is 0 Å². The molecule has 4 saturated carbocycles. The molecule has 6 nitrogen and oxygen atoms in total. The van der Waals surface area contributed by atoms with Gasteiger partial charge in [0.25, 0.3) is 5.91 Å². The monoisotopic (exact) mass is 375 g/mol. The highest BCUT2D eigenvalue weighted by atomic mass is 16.5. The van der Waals surface area contributed by atoms with Crippen LogP contribution >= 0.6 is 0 Å². The summed E-state index contributed by atoms with van der Waals surface area (Å²) in [5.74, 6) is 1.39. The molecule has 6 heteroatoms. The van der Waals surface area contributed by atoms with Gasteiger partial charge in [-0.05, 0) is 77.6 Å². The summed E-state index contributed by atoms with van der Waals surface area (Å²) in [7, 11) is 0. The maximum absolute atomic E-state index is 13.2. The van der Waals surface area contributed by atoms with E-state index in [4.69, 9.17) is 4.74 Å². The Bertz CT molecular complexity index is 705. The van der Waals surface area contributed by atoms with Crippen molar-refractivity contribution in [3.05, 3.63) is 17.5 Å². The van der Waals surface area contributed by atoms with Crippen LogP contribution in [0.4, 0.5) is 0 Å². The molecule has 5 atom stereocenters. The van der Waals surface area contributed by atoms with Crippen LogP contribution in [0.15, 0.2) is 6.20 Å². The first-order chi connectivity index (χ1) is 12.7. The number of rotatable bonds is 5. The first-order valence-electron chi connectivity index (χ1n) is 10.4. The average molecular weight is 376 g/mol. The van der Waals surface area contributed by atoms with E-state index in [1.54, 1.807) is 6.20 Å². The summed E-state index contributed by atoms with van der Waals surface area (Å²) in [6.07, 6.45) is 6.57. The largest absolute Gasteiger partial charge is 0.390 e. The zero-order valence-corrected chi connectivity index (χ0v) is 17.0. The second kappa shape index (κ2) is 6.59. The van der Waals surface area contributed by atoms with Crippen molar-refractivity contribution in [2.24, 2.45) is 17.8 Å². The van der Waals surface area contributed by atoms with E-state index >= 15 is 0 Å². The number of hydrogen-bond acceptors (Lipinski definition) is 4. The molecule has 5 rings (SSSR count).